The van der Waals surface area contributed by atoms with Crippen molar-refractivity contribution in [3.63, 3.8) is 0 Å². The van der Waals surface area contributed by atoms with Crippen molar-refractivity contribution in [1.82, 2.24) is 0 Å². The maximum Gasteiger partial charge on any atom is 0.283 e. The minimum Gasteiger partial charge on any atom is -0.258 e. The van der Waals surface area contributed by atoms with Gasteiger partial charge in [-0.2, -0.15) is 0 Å². The Morgan fingerprint density at radius 2 is 1.94 bits per heavy atom. The summed E-state index contributed by atoms with van der Waals surface area (Å²) in [5, 5.41) is 11.1. The molecular weight excluding hydrogens is 234 g/mol. The monoisotopic (exact) mass is 251 g/mol. The van der Waals surface area contributed by atoms with E-state index < -0.39 is 0 Å². The molecule has 0 unspecified atom stereocenters. The molecule has 1 aliphatic rings. The molecular formula is C13H17NO2S. The molecule has 2 rings (SSSR count). The molecule has 92 valence electrons. The van der Waals surface area contributed by atoms with Gasteiger partial charge in [0.25, 0.3) is 5.69 Å². The second-order valence-corrected chi connectivity index (χ2v) is 7.55. The quantitative estimate of drug-likeness (QED) is 0.556. The molecule has 0 saturated heterocycles. The number of thioether (sulfide) groups is 1. The Bertz CT molecular complexity index is 480. The molecule has 0 aromatic heterocycles. The summed E-state index contributed by atoms with van der Waals surface area (Å²) < 4.78 is 0.0443. The SMILES string of the molecule is CC1(C)CC(C)(C)c2cccc([N+](=O)[O-])c2S1. The van der Waals surface area contributed by atoms with Crippen LogP contribution in [0.15, 0.2) is 23.1 Å². The maximum absolute atomic E-state index is 11.1. The van der Waals surface area contributed by atoms with Gasteiger partial charge in [0.15, 0.2) is 0 Å². The Kier molecular flexibility index (Phi) is 2.73. The molecule has 1 aliphatic heterocycles. The van der Waals surface area contributed by atoms with E-state index in [-0.39, 0.29) is 20.8 Å². The smallest absolute Gasteiger partial charge is 0.258 e. The van der Waals surface area contributed by atoms with Crippen molar-refractivity contribution < 1.29 is 4.92 Å². The van der Waals surface area contributed by atoms with Crippen molar-refractivity contribution in [1.29, 1.82) is 0 Å². The Morgan fingerprint density at radius 3 is 2.53 bits per heavy atom. The summed E-state index contributed by atoms with van der Waals surface area (Å²) >= 11 is 1.63. The molecule has 0 aliphatic carbocycles. The molecule has 1 heterocycles. The van der Waals surface area contributed by atoms with Gasteiger partial charge in [0.2, 0.25) is 0 Å². The molecule has 0 spiro atoms. The van der Waals surface area contributed by atoms with Gasteiger partial charge in [0, 0.05) is 10.8 Å². The van der Waals surface area contributed by atoms with Gasteiger partial charge in [-0.1, -0.05) is 39.8 Å². The number of benzene rings is 1. The van der Waals surface area contributed by atoms with E-state index in [9.17, 15) is 10.1 Å². The molecule has 1 aromatic rings. The number of rotatable bonds is 1. The second-order valence-electron chi connectivity index (χ2n) is 5.83. The third kappa shape index (κ3) is 2.18. The average molecular weight is 251 g/mol. The molecule has 0 atom stereocenters. The van der Waals surface area contributed by atoms with Crippen molar-refractivity contribution in [2.75, 3.05) is 0 Å². The van der Waals surface area contributed by atoms with Gasteiger partial charge in [0.1, 0.15) is 0 Å². The van der Waals surface area contributed by atoms with Gasteiger partial charge in [-0.3, -0.25) is 10.1 Å². The molecule has 0 N–H and O–H groups in total. The average Bonchev–Trinajstić information content (AvgIpc) is 2.13. The molecule has 17 heavy (non-hydrogen) atoms. The molecule has 4 heteroatoms. The van der Waals surface area contributed by atoms with Crippen LogP contribution in [0, 0.1) is 10.1 Å². The van der Waals surface area contributed by atoms with Gasteiger partial charge < -0.3 is 0 Å². The highest BCUT2D eigenvalue weighted by molar-refractivity contribution is 8.00. The van der Waals surface area contributed by atoms with Crippen LogP contribution in [0.5, 0.6) is 0 Å². The van der Waals surface area contributed by atoms with Crippen molar-refractivity contribution in [3.05, 3.63) is 33.9 Å². The zero-order valence-corrected chi connectivity index (χ0v) is 11.4. The van der Waals surface area contributed by atoms with Gasteiger partial charge >= 0.3 is 0 Å². The zero-order valence-electron chi connectivity index (χ0n) is 10.6. The molecule has 0 saturated carbocycles. The number of nitro groups is 1. The van der Waals surface area contributed by atoms with Crippen LogP contribution in [0.2, 0.25) is 0 Å². The minimum absolute atomic E-state index is 0.00387. The fraction of sp³-hybridized carbons (Fsp3) is 0.538. The van der Waals surface area contributed by atoms with E-state index in [1.54, 1.807) is 23.9 Å². The lowest BCUT2D eigenvalue weighted by Crippen LogP contribution is -2.33. The van der Waals surface area contributed by atoms with Crippen LogP contribution >= 0.6 is 11.8 Å². The first-order valence-electron chi connectivity index (χ1n) is 5.70. The van der Waals surface area contributed by atoms with Crippen LogP contribution < -0.4 is 0 Å². The van der Waals surface area contributed by atoms with E-state index in [4.69, 9.17) is 0 Å². The summed E-state index contributed by atoms with van der Waals surface area (Å²) in [5.74, 6) is 0. The second kappa shape index (κ2) is 3.73. The predicted molar refractivity (Wildman–Crippen MR) is 70.7 cm³/mol. The molecule has 0 bridgehead atoms. The number of nitro benzene ring substituents is 1. The normalized spacial score (nSPS) is 20.7. The van der Waals surface area contributed by atoms with Crippen LogP contribution in [0.1, 0.15) is 39.7 Å². The van der Waals surface area contributed by atoms with Crippen molar-refractivity contribution >= 4 is 17.4 Å². The third-order valence-electron chi connectivity index (χ3n) is 3.17. The fourth-order valence-electron chi connectivity index (χ4n) is 2.78. The number of fused-ring (bicyclic) bond motifs is 1. The van der Waals surface area contributed by atoms with Gasteiger partial charge in [-0.25, -0.2) is 0 Å². The highest BCUT2D eigenvalue weighted by atomic mass is 32.2. The van der Waals surface area contributed by atoms with Crippen molar-refractivity contribution in [2.24, 2.45) is 0 Å². The molecule has 0 radical (unpaired) electrons. The Balaban J connectivity index is 2.65. The summed E-state index contributed by atoms with van der Waals surface area (Å²) in [6, 6.07) is 5.41. The summed E-state index contributed by atoms with van der Waals surface area (Å²) in [4.78, 5) is 11.7. The zero-order chi connectivity index (χ0) is 12.8. The van der Waals surface area contributed by atoms with Gasteiger partial charge in [-0.05, 0) is 17.4 Å². The Hall–Kier alpha value is -1.03. The lowest BCUT2D eigenvalue weighted by Gasteiger charge is -2.41. The van der Waals surface area contributed by atoms with Gasteiger partial charge in [0.05, 0.1) is 9.82 Å². The van der Waals surface area contributed by atoms with Crippen molar-refractivity contribution in [3.8, 4) is 0 Å². The first kappa shape index (κ1) is 12.4. The van der Waals surface area contributed by atoms with Gasteiger partial charge in [-0.15, -0.1) is 11.8 Å². The lowest BCUT2D eigenvalue weighted by molar-refractivity contribution is -0.387. The van der Waals surface area contributed by atoms with Crippen LogP contribution in [0.3, 0.4) is 0 Å². The van der Waals surface area contributed by atoms with Crippen LogP contribution in [-0.2, 0) is 5.41 Å². The van der Waals surface area contributed by atoms with E-state index in [2.05, 4.69) is 27.7 Å². The van der Waals surface area contributed by atoms with E-state index in [0.29, 0.717) is 0 Å². The van der Waals surface area contributed by atoms with E-state index in [1.165, 1.54) is 0 Å². The lowest BCUT2D eigenvalue weighted by atomic mass is 9.77. The van der Waals surface area contributed by atoms with E-state index in [0.717, 1.165) is 16.9 Å². The fourth-order valence-corrected chi connectivity index (χ4v) is 4.47. The molecule has 0 fully saturated rings. The summed E-state index contributed by atoms with van der Waals surface area (Å²) in [6.45, 7) is 8.63. The predicted octanol–water partition coefficient (Wildman–Crippen LogP) is 4.15. The topological polar surface area (TPSA) is 43.1 Å². The van der Waals surface area contributed by atoms with Crippen LogP contribution in [-0.4, -0.2) is 9.67 Å². The Labute approximate surface area is 106 Å². The molecule has 1 aromatic carbocycles. The maximum atomic E-state index is 11.1. The van der Waals surface area contributed by atoms with Crippen LogP contribution in [0.4, 0.5) is 5.69 Å². The summed E-state index contributed by atoms with van der Waals surface area (Å²) in [7, 11) is 0. The number of nitrogens with zero attached hydrogens (tertiary/aromatic N) is 1. The van der Waals surface area contributed by atoms with E-state index in [1.807, 2.05) is 6.07 Å². The van der Waals surface area contributed by atoms with Crippen LogP contribution in [0.25, 0.3) is 0 Å². The molecule has 0 amide bonds. The number of hydrogen-bond acceptors (Lipinski definition) is 3. The number of hydrogen-bond donors (Lipinski definition) is 0. The third-order valence-corrected chi connectivity index (χ3v) is 4.50. The van der Waals surface area contributed by atoms with E-state index >= 15 is 0 Å². The highest BCUT2D eigenvalue weighted by Crippen LogP contribution is 2.53. The summed E-state index contributed by atoms with van der Waals surface area (Å²) in [5.41, 5.74) is 1.35. The minimum atomic E-state index is -0.274. The van der Waals surface area contributed by atoms with Crippen molar-refractivity contribution in [2.45, 2.75) is 49.2 Å². The highest BCUT2D eigenvalue weighted by Gasteiger charge is 2.40. The Morgan fingerprint density at radius 1 is 1.29 bits per heavy atom. The first-order valence-corrected chi connectivity index (χ1v) is 6.51. The standard InChI is InChI=1S/C13H17NO2S/c1-12(2)8-13(3,4)17-11-9(12)6-5-7-10(11)14(15)16/h5-7H,8H2,1-4H3. The summed E-state index contributed by atoms with van der Waals surface area (Å²) in [6.07, 6.45) is 1.03. The first-order chi connectivity index (χ1) is 7.73. The largest absolute Gasteiger partial charge is 0.283 e. The molecule has 3 nitrogen and oxygen atoms in total.